The maximum Gasteiger partial charge on any atom is 0.407 e. The molecule has 0 aromatic heterocycles. The van der Waals surface area contributed by atoms with Gasteiger partial charge in [-0.3, -0.25) is 0 Å². The topological polar surface area (TPSA) is 76.7 Å². The van der Waals surface area contributed by atoms with Crippen molar-refractivity contribution in [2.24, 2.45) is 5.92 Å². The van der Waals surface area contributed by atoms with E-state index >= 15 is 0 Å². The summed E-state index contributed by atoms with van der Waals surface area (Å²) in [5.41, 5.74) is 1.27. The number of nitrogens with one attached hydrogen (secondary N) is 2. The Balaban J connectivity index is 1.98. The number of carbonyl (C=O) groups is 1. The van der Waals surface area contributed by atoms with Gasteiger partial charge in [0.2, 0.25) is 0 Å². The molecule has 2 N–H and O–H groups in total. The van der Waals surface area contributed by atoms with Gasteiger partial charge < -0.3 is 19.5 Å². The highest BCUT2D eigenvalue weighted by Crippen LogP contribution is 2.32. The predicted molar refractivity (Wildman–Crippen MR) is 125 cm³/mol. The van der Waals surface area contributed by atoms with Gasteiger partial charge in [-0.15, -0.1) is 4.72 Å². The summed E-state index contributed by atoms with van der Waals surface area (Å²) in [4.78, 5) is 14.1. The Labute approximate surface area is 189 Å². The standard InChI is InChI=1S/C23H38FN3O3S/c1-16(26-31(29)23(5,6)7)19-14-18(24)8-9-20(19)27-12-10-17(11-13-27)15-25-21(28)30-22(2,3)4/h8-9,14,16-17,26H,10-13,15H2,1-7H3,(H,25,28)/t16-,31-/m1/s1. The highest BCUT2D eigenvalue weighted by molar-refractivity contribution is 7.90. The summed E-state index contributed by atoms with van der Waals surface area (Å²) < 4.78 is 34.6. The van der Waals surface area contributed by atoms with Crippen LogP contribution < -0.4 is 14.9 Å². The van der Waals surface area contributed by atoms with E-state index in [1.165, 1.54) is 12.1 Å². The summed E-state index contributed by atoms with van der Waals surface area (Å²) in [5.74, 6) is 0.0713. The van der Waals surface area contributed by atoms with Crippen LogP contribution >= 0.6 is 0 Å². The Kier molecular flexibility index (Phi) is 8.64. The molecule has 0 unspecified atom stereocenters. The number of hydrogen-bond acceptors (Lipinski definition) is 5. The second kappa shape index (κ2) is 10.4. The van der Waals surface area contributed by atoms with Crippen LogP contribution in [0.3, 0.4) is 0 Å². The van der Waals surface area contributed by atoms with Crippen LogP contribution in [0, 0.1) is 11.7 Å². The van der Waals surface area contributed by atoms with Crippen molar-refractivity contribution in [2.75, 3.05) is 24.5 Å². The fourth-order valence-corrected chi connectivity index (χ4v) is 4.28. The van der Waals surface area contributed by atoms with Gasteiger partial charge >= 0.3 is 6.09 Å². The number of benzene rings is 1. The lowest BCUT2D eigenvalue weighted by molar-refractivity contribution is 0.0517. The molecule has 1 fully saturated rings. The zero-order valence-corrected chi connectivity index (χ0v) is 20.7. The third-order valence-corrected chi connectivity index (χ3v) is 6.87. The van der Waals surface area contributed by atoms with Crippen LogP contribution in [0.4, 0.5) is 14.9 Å². The minimum atomic E-state index is -1.25. The van der Waals surface area contributed by atoms with E-state index in [0.717, 1.165) is 37.2 Å². The van der Waals surface area contributed by atoms with Crippen molar-refractivity contribution < 1.29 is 18.5 Å². The molecule has 1 aromatic rings. The number of rotatable bonds is 6. The van der Waals surface area contributed by atoms with Gasteiger partial charge in [-0.1, -0.05) is 0 Å². The number of hydrogen-bond donors (Lipinski definition) is 2. The van der Waals surface area contributed by atoms with Crippen LogP contribution in [0.1, 0.15) is 72.9 Å². The lowest BCUT2D eigenvalue weighted by Gasteiger charge is -2.36. The Bertz CT molecular complexity index is 741. The van der Waals surface area contributed by atoms with E-state index in [-0.39, 0.29) is 18.0 Å². The van der Waals surface area contributed by atoms with Crippen molar-refractivity contribution in [1.82, 2.24) is 10.0 Å². The molecule has 1 aliphatic heterocycles. The Hall–Kier alpha value is -1.51. The van der Waals surface area contributed by atoms with E-state index < -0.39 is 21.7 Å². The average Bonchev–Trinajstić information content (AvgIpc) is 2.64. The molecule has 176 valence electrons. The van der Waals surface area contributed by atoms with E-state index in [4.69, 9.17) is 4.74 Å². The van der Waals surface area contributed by atoms with E-state index in [0.29, 0.717) is 12.5 Å². The maximum absolute atomic E-state index is 14.0. The van der Waals surface area contributed by atoms with Gasteiger partial charge in [-0.2, -0.15) is 0 Å². The van der Waals surface area contributed by atoms with Crippen LogP contribution in [-0.2, 0) is 16.1 Å². The van der Waals surface area contributed by atoms with Gasteiger partial charge in [-0.25, -0.2) is 9.18 Å². The minimum absolute atomic E-state index is 0.252. The number of piperidine rings is 1. The molecule has 1 amide bonds. The van der Waals surface area contributed by atoms with Crippen molar-refractivity contribution in [3.63, 3.8) is 0 Å². The fourth-order valence-electron chi connectivity index (χ4n) is 3.48. The molecule has 6 nitrogen and oxygen atoms in total. The zero-order chi connectivity index (χ0) is 23.4. The second-order valence-corrected chi connectivity index (χ2v) is 12.2. The number of anilines is 1. The molecule has 1 aromatic carbocycles. The third kappa shape index (κ3) is 8.16. The first-order valence-electron chi connectivity index (χ1n) is 11.0. The maximum atomic E-state index is 14.0. The van der Waals surface area contributed by atoms with Crippen molar-refractivity contribution >= 4 is 23.1 Å². The van der Waals surface area contributed by atoms with Crippen molar-refractivity contribution in [3.05, 3.63) is 29.6 Å². The highest BCUT2D eigenvalue weighted by Gasteiger charge is 2.30. The molecule has 31 heavy (non-hydrogen) atoms. The zero-order valence-electron chi connectivity index (χ0n) is 19.9. The minimum Gasteiger partial charge on any atom is -0.598 e. The molecular weight excluding hydrogens is 417 g/mol. The molecule has 0 spiro atoms. The summed E-state index contributed by atoms with van der Waals surface area (Å²) in [6.07, 6.45) is 1.45. The van der Waals surface area contributed by atoms with Crippen LogP contribution in [0.25, 0.3) is 0 Å². The summed E-state index contributed by atoms with van der Waals surface area (Å²) >= 11 is -1.25. The lowest BCUT2D eigenvalue weighted by atomic mass is 9.95. The monoisotopic (exact) mass is 455 g/mol. The second-order valence-electron chi connectivity index (χ2n) is 10.2. The predicted octanol–water partition coefficient (Wildman–Crippen LogP) is 4.68. The van der Waals surface area contributed by atoms with Crippen LogP contribution in [0.15, 0.2) is 18.2 Å². The number of amides is 1. The van der Waals surface area contributed by atoms with Gasteiger partial charge in [0.1, 0.15) is 16.2 Å². The molecule has 1 heterocycles. The molecule has 2 atom stereocenters. The first-order valence-corrected chi connectivity index (χ1v) is 12.1. The van der Waals surface area contributed by atoms with Crippen molar-refractivity contribution in [2.45, 2.75) is 77.7 Å². The largest absolute Gasteiger partial charge is 0.598 e. The third-order valence-electron chi connectivity index (χ3n) is 5.19. The Morgan fingerprint density at radius 1 is 1.26 bits per heavy atom. The normalized spacial score (nSPS) is 17.9. The number of alkyl carbamates (subject to hydrolysis) is 1. The van der Waals surface area contributed by atoms with Gasteiger partial charge in [0.15, 0.2) is 0 Å². The SMILES string of the molecule is C[C@@H](N[S@+]([O-])C(C)(C)C)c1cc(F)ccc1N1CCC(CNC(=O)OC(C)(C)C)CC1. The van der Waals surface area contributed by atoms with Gasteiger partial charge in [-0.05, 0) is 91.0 Å². The van der Waals surface area contributed by atoms with E-state index in [2.05, 4.69) is 14.9 Å². The van der Waals surface area contributed by atoms with Crippen molar-refractivity contribution in [1.29, 1.82) is 0 Å². The Morgan fingerprint density at radius 3 is 2.42 bits per heavy atom. The van der Waals surface area contributed by atoms with E-state index in [9.17, 15) is 13.7 Å². The van der Waals surface area contributed by atoms with Gasteiger partial charge in [0.25, 0.3) is 0 Å². The Morgan fingerprint density at radius 2 is 1.87 bits per heavy atom. The van der Waals surface area contributed by atoms with Crippen molar-refractivity contribution in [3.8, 4) is 0 Å². The molecule has 8 heteroatoms. The molecular formula is C23H38FN3O3S. The van der Waals surface area contributed by atoms with Crippen LogP contribution in [0.2, 0.25) is 0 Å². The van der Waals surface area contributed by atoms with E-state index in [1.54, 1.807) is 0 Å². The highest BCUT2D eigenvalue weighted by atomic mass is 32.2. The quantitative estimate of drug-likeness (QED) is 0.609. The first-order chi connectivity index (χ1) is 14.3. The molecule has 2 rings (SSSR count). The van der Waals surface area contributed by atoms with Gasteiger partial charge in [0.05, 0.1) is 6.04 Å². The smallest absolute Gasteiger partial charge is 0.407 e. The fraction of sp³-hybridized carbons (Fsp3) is 0.696. The molecule has 0 aliphatic carbocycles. The molecule has 1 aliphatic rings. The number of nitrogens with zero attached hydrogens (tertiary/aromatic N) is 1. The number of halogens is 1. The molecule has 1 saturated heterocycles. The molecule has 0 bridgehead atoms. The lowest BCUT2D eigenvalue weighted by Crippen LogP contribution is -2.42. The number of carbonyl (C=O) groups excluding carboxylic acids is 1. The van der Waals surface area contributed by atoms with Crippen LogP contribution in [0.5, 0.6) is 0 Å². The summed E-state index contributed by atoms with van der Waals surface area (Å²) in [6, 6.07) is 4.56. The summed E-state index contributed by atoms with van der Waals surface area (Å²) in [7, 11) is 0. The average molecular weight is 456 g/mol. The van der Waals surface area contributed by atoms with Crippen LogP contribution in [-0.4, -0.2) is 40.6 Å². The summed E-state index contributed by atoms with van der Waals surface area (Å²) in [6.45, 7) is 15.4. The number of ether oxygens (including phenoxy) is 1. The molecule has 0 radical (unpaired) electrons. The summed E-state index contributed by atoms with van der Waals surface area (Å²) in [5, 5.41) is 2.86. The first kappa shape index (κ1) is 25.7. The van der Waals surface area contributed by atoms with Gasteiger partial charge in [0, 0.05) is 36.7 Å². The van der Waals surface area contributed by atoms with E-state index in [1.807, 2.05) is 54.5 Å². The molecule has 0 saturated carbocycles.